The summed E-state index contributed by atoms with van der Waals surface area (Å²) < 4.78 is 0. The molecule has 7 nitrogen and oxygen atoms in total. The molecule has 1 saturated heterocycles. The molecule has 4 rings (SSSR count). The normalized spacial score (nSPS) is 21.8. The van der Waals surface area contributed by atoms with Gasteiger partial charge in [0.05, 0.1) is 18.8 Å². The number of aromatic nitrogens is 1. The monoisotopic (exact) mass is 422 g/mol. The van der Waals surface area contributed by atoms with Crippen LogP contribution >= 0.6 is 0 Å². The summed E-state index contributed by atoms with van der Waals surface area (Å²) in [5.41, 5.74) is 2.59. The number of carbonyl (C=O) groups excluding carboxylic acids is 2. The van der Waals surface area contributed by atoms with E-state index >= 15 is 0 Å². The molecule has 31 heavy (non-hydrogen) atoms. The first-order chi connectivity index (χ1) is 15.0. The maximum absolute atomic E-state index is 12.2. The Labute approximate surface area is 182 Å². The Morgan fingerprint density at radius 1 is 1.16 bits per heavy atom. The van der Waals surface area contributed by atoms with E-state index in [1.54, 1.807) is 12.3 Å². The summed E-state index contributed by atoms with van der Waals surface area (Å²) in [6.07, 6.45) is 7.57. The summed E-state index contributed by atoms with van der Waals surface area (Å²) in [7, 11) is 0. The van der Waals surface area contributed by atoms with Crippen LogP contribution in [0.15, 0.2) is 42.7 Å². The lowest BCUT2D eigenvalue weighted by Gasteiger charge is -2.46. The van der Waals surface area contributed by atoms with E-state index in [0.29, 0.717) is 23.3 Å². The summed E-state index contributed by atoms with van der Waals surface area (Å²) in [5.74, 6) is 0.314. The van der Waals surface area contributed by atoms with Crippen molar-refractivity contribution in [2.24, 2.45) is 0 Å². The molecule has 1 aliphatic heterocycles. The molecule has 0 atom stereocenters. The quantitative estimate of drug-likeness (QED) is 0.664. The van der Waals surface area contributed by atoms with Crippen molar-refractivity contribution in [2.45, 2.75) is 50.6 Å². The van der Waals surface area contributed by atoms with Gasteiger partial charge in [0.25, 0.3) is 5.91 Å². The number of amides is 2. The minimum atomic E-state index is -0.230. The molecule has 1 aliphatic carbocycles. The van der Waals surface area contributed by atoms with Gasteiger partial charge in [0.2, 0.25) is 5.91 Å². The summed E-state index contributed by atoms with van der Waals surface area (Å²) in [5, 5.41) is 15.7. The summed E-state index contributed by atoms with van der Waals surface area (Å²) in [6, 6.07) is 9.92. The van der Waals surface area contributed by atoms with Crippen LogP contribution in [0.1, 0.15) is 53.1 Å². The van der Waals surface area contributed by atoms with Crippen molar-refractivity contribution in [1.82, 2.24) is 20.5 Å². The average molecular weight is 423 g/mol. The van der Waals surface area contributed by atoms with Crippen molar-refractivity contribution >= 4 is 11.8 Å². The molecule has 0 bridgehead atoms. The molecule has 2 amide bonds. The first-order valence-electron chi connectivity index (χ1n) is 11.0. The van der Waals surface area contributed by atoms with Gasteiger partial charge in [0, 0.05) is 36.5 Å². The number of rotatable bonds is 6. The summed E-state index contributed by atoms with van der Waals surface area (Å²) in [6.45, 7) is 3.63. The Bertz CT molecular complexity index is 934. The molecule has 0 radical (unpaired) electrons. The number of carbonyl (C=O) groups is 2. The molecule has 2 aliphatic rings. The third-order valence-electron chi connectivity index (χ3n) is 6.45. The highest BCUT2D eigenvalue weighted by atomic mass is 16.3. The first kappa shape index (κ1) is 21.3. The number of benzene rings is 1. The number of pyridine rings is 1. The van der Waals surface area contributed by atoms with E-state index in [9.17, 15) is 14.7 Å². The number of hydrogen-bond donors (Lipinski definition) is 3. The Morgan fingerprint density at radius 2 is 1.94 bits per heavy atom. The van der Waals surface area contributed by atoms with Crippen LogP contribution < -0.4 is 10.6 Å². The number of aromatic hydroxyl groups is 1. The van der Waals surface area contributed by atoms with Crippen molar-refractivity contribution in [3.63, 3.8) is 0 Å². The summed E-state index contributed by atoms with van der Waals surface area (Å²) in [4.78, 5) is 30.7. The lowest BCUT2D eigenvalue weighted by molar-refractivity contribution is -0.122. The number of nitrogens with one attached hydrogen (secondary N) is 2. The second-order valence-corrected chi connectivity index (χ2v) is 8.71. The molecule has 2 aromatic rings. The Hall–Kier alpha value is -2.93. The van der Waals surface area contributed by atoms with E-state index in [1.165, 1.54) is 6.20 Å². The van der Waals surface area contributed by atoms with E-state index in [1.807, 2.05) is 31.2 Å². The van der Waals surface area contributed by atoms with Gasteiger partial charge in [-0.2, -0.15) is 0 Å². The van der Waals surface area contributed by atoms with Gasteiger partial charge in [0.1, 0.15) is 5.75 Å². The van der Waals surface area contributed by atoms with Crippen molar-refractivity contribution in [2.75, 3.05) is 19.6 Å². The maximum atomic E-state index is 12.2. The highest BCUT2D eigenvalue weighted by Gasteiger charge is 2.35. The number of hydrogen-bond acceptors (Lipinski definition) is 5. The third-order valence-corrected chi connectivity index (χ3v) is 6.45. The topological polar surface area (TPSA) is 94.6 Å². The molecule has 7 heteroatoms. The fraction of sp³-hybridized carbons (Fsp3) is 0.458. The van der Waals surface area contributed by atoms with E-state index in [0.717, 1.165) is 49.9 Å². The van der Waals surface area contributed by atoms with Crippen molar-refractivity contribution in [3.8, 4) is 5.75 Å². The predicted molar refractivity (Wildman–Crippen MR) is 118 cm³/mol. The molecule has 1 aromatic heterocycles. The predicted octanol–water partition coefficient (Wildman–Crippen LogP) is 2.35. The van der Waals surface area contributed by atoms with Gasteiger partial charge in [-0.15, -0.1) is 0 Å². The third kappa shape index (κ3) is 5.22. The van der Waals surface area contributed by atoms with E-state index in [-0.39, 0.29) is 24.4 Å². The van der Waals surface area contributed by atoms with Gasteiger partial charge >= 0.3 is 0 Å². The van der Waals surface area contributed by atoms with Gasteiger partial charge in [0.15, 0.2) is 0 Å². The largest absolute Gasteiger partial charge is 0.506 e. The number of nitrogens with zero attached hydrogens (tertiary/aromatic N) is 2. The van der Waals surface area contributed by atoms with Crippen LogP contribution in [0.2, 0.25) is 0 Å². The minimum absolute atomic E-state index is 0.0101. The summed E-state index contributed by atoms with van der Waals surface area (Å²) >= 11 is 0. The molecule has 0 unspecified atom stereocenters. The van der Waals surface area contributed by atoms with Crippen LogP contribution in [-0.2, 0) is 4.79 Å². The molecule has 164 valence electrons. The lowest BCUT2D eigenvalue weighted by atomic mass is 9.80. The van der Waals surface area contributed by atoms with E-state index in [2.05, 4.69) is 20.5 Å². The molecule has 2 fully saturated rings. The molecule has 1 aromatic carbocycles. The molecular weight excluding hydrogens is 392 g/mol. The van der Waals surface area contributed by atoms with Crippen molar-refractivity contribution in [3.05, 3.63) is 59.4 Å². The molecular formula is C24H30N4O3. The molecule has 3 N–H and O–H groups in total. The zero-order chi connectivity index (χ0) is 21.8. The Kier molecular flexibility index (Phi) is 6.51. The van der Waals surface area contributed by atoms with Gasteiger partial charge in [-0.3, -0.25) is 19.5 Å². The van der Waals surface area contributed by atoms with Gasteiger partial charge < -0.3 is 15.7 Å². The fourth-order valence-corrected chi connectivity index (χ4v) is 4.72. The number of aryl methyl sites for hydroxylation is 1. The smallest absolute Gasteiger partial charge is 0.251 e. The second kappa shape index (κ2) is 9.47. The van der Waals surface area contributed by atoms with Gasteiger partial charge in [-0.05, 0) is 56.7 Å². The molecule has 0 spiro atoms. The highest BCUT2D eigenvalue weighted by molar-refractivity contribution is 5.96. The SMILES string of the molecule is Cc1cccc(C(=O)NCC(=O)NC2CN([C@H]3CC[C@@H](c4ccncc4O)CC3)C2)c1. The van der Waals surface area contributed by atoms with E-state index in [4.69, 9.17) is 0 Å². The van der Waals surface area contributed by atoms with Crippen LogP contribution in [0, 0.1) is 6.92 Å². The second-order valence-electron chi connectivity index (χ2n) is 8.71. The Morgan fingerprint density at radius 3 is 2.65 bits per heavy atom. The molecule has 1 saturated carbocycles. The van der Waals surface area contributed by atoms with Gasteiger partial charge in [-0.25, -0.2) is 0 Å². The van der Waals surface area contributed by atoms with Gasteiger partial charge in [-0.1, -0.05) is 17.7 Å². The fourth-order valence-electron chi connectivity index (χ4n) is 4.72. The zero-order valence-electron chi connectivity index (χ0n) is 17.9. The van der Waals surface area contributed by atoms with E-state index < -0.39 is 0 Å². The average Bonchev–Trinajstić information content (AvgIpc) is 2.75. The first-order valence-corrected chi connectivity index (χ1v) is 11.0. The number of likely N-dealkylation sites (tertiary alicyclic amines) is 1. The lowest BCUT2D eigenvalue weighted by Crippen LogP contribution is -2.63. The van der Waals surface area contributed by atoms with Crippen molar-refractivity contribution < 1.29 is 14.7 Å². The maximum Gasteiger partial charge on any atom is 0.251 e. The van der Waals surface area contributed by atoms with Crippen LogP contribution in [0.4, 0.5) is 0 Å². The molecule has 2 heterocycles. The highest BCUT2D eigenvalue weighted by Crippen LogP contribution is 2.38. The zero-order valence-corrected chi connectivity index (χ0v) is 17.9. The van der Waals surface area contributed by atoms with Crippen LogP contribution in [0.3, 0.4) is 0 Å². The Balaban J connectivity index is 1.15. The standard InChI is InChI=1S/C24H30N4O3/c1-16-3-2-4-18(11-16)24(31)26-13-23(30)27-19-14-28(15-19)20-7-5-17(6-8-20)21-9-10-25-12-22(21)29/h2-4,9-12,17,19-20,29H,5-8,13-15H2,1H3,(H,26,31)(H,27,30)/t17-,20+. The minimum Gasteiger partial charge on any atom is -0.506 e. The van der Waals surface area contributed by atoms with Crippen LogP contribution in [0.5, 0.6) is 5.75 Å². The van der Waals surface area contributed by atoms with Crippen LogP contribution in [-0.4, -0.2) is 58.5 Å². The van der Waals surface area contributed by atoms with Crippen molar-refractivity contribution in [1.29, 1.82) is 0 Å². The van der Waals surface area contributed by atoms with Crippen LogP contribution in [0.25, 0.3) is 0 Å².